The normalized spacial score (nSPS) is 14.6. The minimum absolute atomic E-state index is 0.131. The van der Waals surface area contributed by atoms with Gasteiger partial charge in [-0.1, -0.05) is 6.92 Å². The van der Waals surface area contributed by atoms with Gasteiger partial charge in [-0.25, -0.2) is 9.78 Å². The van der Waals surface area contributed by atoms with E-state index in [1.54, 1.807) is 23.9 Å². The van der Waals surface area contributed by atoms with E-state index in [-0.39, 0.29) is 12.3 Å². The van der Waals surface area contributed by atoms with Gasteiger partial charge >= 0.3 is 5.69 Å². The minimum Gasteiger partial charge on any atom is -0.481 e. The number of aliphatic hydroxyl groups is 1. The van der Waals surface area contributed by atoms with Crippen molar-refractivity contribution in [1.29, 1.82) is 0 Å². The number of hydrogen-bond donors (Lipinski definition) is 1. The van der Waals surface area contributed by atoms with Crippen molar-refractivity contribution in [3.63, 3.8) is 0 Å². The van der Waals surface area contributed by atoms with Crippen LogP contribution in [0.2, 0.25) is 0 Å². The number of rotatable bonds is 10. The molecule has 0 atom stereocenters. The molecule has 0 bridgehead atoms. The maximum absolute atomic E-state index is 13.1. The maximum atomic E-state index is 13.1. The van der Waals surface area contributed by atoms with Gasteiger partial charge in [0.1, 0.15) is 0 Å². The Kier molecular flexibility index (Phi) is 7.99. The third-order valence-electron chi connectivity index (χ3n) is 5.85. The summed E-state index contributed by atoms with van der Waals surface area (Å²) in [6.07, 6.45) is 2.58. The highest BCUT2D eigenvalue weighted by atomic mass is 16.5. The molecule has 4 heterocycles. The molecule has 0 aliphatic carbocycles. The standard InChI is InChI=1S/C23H31N7O4/c1-3-13-34-14-11-30-19-15-18(17-4-5-20(33-2)24-16-17)26-27-21(19)22(25-23(30)32)29-8-6-28(7-9-29)10-12-31/h4-5,15-16,31H,3,6-14H2,1-2H3. The number of pyridine rings is 1. The summed E-state index contributed by atoms with van der Waals surface area (Å²) in [5.41, 5.74) is 2.28. The lowest BCUT2D eigenvalue weighted by Crippen LogP contribution is -2.48. The summed E-state index contributed by atoms with van der Waals surface area (Å²) in [7, 11) is 1.56. The van der Waals surface area contributed by atoms with Crippen molar-refractivity contribution in [3.05, 3.63) is 34.9 Å². The Morgan fingerprint density at radius 3 is 2.59 bits per heavy atom. The van der Waals surface area contributed by atoms with E-state index in [0.717, 1.165) is 25.1 Å². The molecule has 3 aromatic heterocycles. The average Bonchev–Trinajstić information content (AvgIpc) is 2.88. The lowest BCUT2D eigenvalue weighted by Gasteiger charge is -2.35. The van der Waals surface area contributed by atoms with Crippen LogP contribution in [0.3, 0.4) is 0 Å². The Labute approximate surface area is 198 Å². The summed E-state index contributed by atoms with van der Waals surface area (Å²) in [6, 6.07) is 5.48. The summed E-state index contributed by atoms with van der Waals surface area (Å²) < 4.78 is 12.4. The molecule has 1 N–H and O–H groups in total. The van der Waals surface area contributed by atoms with E-state index in [1.165, 1.54) is 0 Å². The van der Waals surface area contributed by atoms with Crippen LogP contribution in [-0.4, -0.2) is 94.4 Å². The summed E-state index contributed by atoms with van der Waals surface area (Å²) in [4.78, 5) is 26.0. The Balaban J connectivity index is 1.72. The predicted octanol–water partition coefficient (Wildman–Crippen LogP) is 0.798. The van der Waals surface area contributed by atoms with Crippen molar-refractivity contribution in [2.24, 2.45) is 0 Å². The molecule has 1 aliphatic rings. The second kappa shape index (κ2) is 11.3. The second-order valence-electron chi connectivity index (χ2n) is 8.09. The number of methoxy groups -OCH3 is 1. The van der Waals surface area contributed by atoms with Crippen LogP contribution < -0.4 is 15.3 Å². The third kappa shape index (κ3) is 5.32. The zero-order valence-corrected chi connectivity index (χ0v) is 19.7. The van der Waals surface area contributed by atoms with Crippen molar-refractivity contribution in [1.82, 2.24) is 29.6 Å². The molecule has 0 radical (unpaired) electrons. The fourth-order valence-corrected chi connectivity index (χ4v) is 4.01. The number of fused-ring (bicyclic) bond motifs is 1. The average molecular weight is 470 g/mol. The van der Waals surface area contributed by atoms with Gasteiger partial charge in [-0.2, -0.15) is 4.98 Å². The van der Waals surface area contributed by atoms with Gasteiger partial charge in [0, 0.05) is 57.2 Å². The molecule has 11 nitrogen and oxygen atoms in total. The number of hydrogen-bond acceptors (Lipinski definition) is 10. The Hall–Kier alpha value is -3.15. The molecule has 0 aromatic carbocycles. The molecule has 4 rings (SSSR count). The van der Waals surface area contributed by atoms with Crippen molar-refractivity contribution >= 4 is 16.9 Å². The Bertz CT molecular complexity index is 1140. The molecule has 1 saturated heterocycles. The number of aliphatic hydroxyl groups excluding tert-OH is 1. The van der Waals surface area contributed by atoms with Crippen molar-refractivity contribution < 1.29 is 14.6 Å². The summed E-state index contributed by atoms with van der Waals surface area (Å²) in [5.74, 6) is 1.05. The van der Waals surface area contributed by atoms with Gasteiger partial charge in [-0.05, 0) is 18.6 Å². The third-order valence-corrected chi connectivity index (χ3v) is 5.85. The van der Waals surface area contributed by atoms with Gasteiger partial charge in [-0.3, -0.25) is 9.47 Å². The molecule has 1 fully saturated rings. The first-order chi connectivity index (χ1) is 16.6. The van der Waals surface area contributed by atoms with E-state index >= 15 is 0 Å². The highest BCUT2D eigenvalue weighted by Gasteiger charge is 2.23. The number of piperazine rings is 1. The summed E-state index contributed by atoms with van der Waals surface area (Å²) in [5, 5.41) is 18.1. The molecule has 3 aromatic rings. The molecule has 0 unspecified atom stereocenters. The highest BCUT2D eigenvalue weighted by Crippen LogP contribution is 2.26. The van der Waals surface area contributed by atoms with Crippen LogP contribution in [0.4, 0.5) is 5.82 Å². The smallest absolute Gasteiger partial charge is 0.350 e. The lowest BCUT2D eigenvalue weighted by atomic mass is 10.2. The lowest BCUT2D eigenvalue weighted by molar-refractivity contribution is 0.127. The first kappa shape index (κ1) is 24.0. The minimum atomic E-state index is -0.341. The van der Waals surface area contributed by atoms with Crippen LogP contribution in [0, 0.1) is 0 Å². The van der Waals surface area contributed by atoms with Crippen molar-refractivity contribution in [3.8, 4) is 17.1 Å². The van der Waals surface area contributed by atoms with Gasteiger partial charge < -0.3 is 19.5 Å². The van der Waals surface area contributed by atoms with Crippen molar-refractivity contribution in [2.45, 2.75) is 19.9 Å². The Morgan fingerprint density at radius 1 is 1.09 bits per heavy atom. The number of ether oxygens (including phenoxy) is 2. The molecule has 1 aliphatic heterocycles. The SMILES string of the molecule is CCCOCCn1c(=O)nc(N2CCN(CCO)CC2)c2nnc(-c3ccc(OC)nc3)cc21. The van der Waals surface area contributed by atoms with Crippen LogP contribution in [0.15, 0.2) is 29.2 Å². The van der Waals surface area contributed by atoms with Gasteiger partial charge in [0.15, 0.2) is 11.3 Å². The molecule has 0 amide bonds. The van der Waals surface area contributed by atoms with E-state index in [4.69, 9.17) is 9.47 Å². The number of nitrogens with zero attached hydrogens (tertiary/aromatic N) is 7. The molecule has 182 valence electrons. The molecule has 0 saturated carbocycles. The monoisotopic (exact) mass is 469 g/mol. The molecular formula is C23H31N7O4. The van der Waals surface area contributed by atoms with Gasteiger partial charge in [0.25, 0.3) is 0 Å². The van der Waals surface area contributed by atoms with E-state index in [1.807, 2.05) is 19.1 Å². The van der Waals surface area contributed by atoms with E-state index in [0.29, 0.717) is 67.8 Å². The number of aromatic nitrogens is 5. The van der Waals surface area contributed by atoms with Gasteiger partial charge in [0.2, 0.25) is 5.88 Å². The van der Waals surface area contributed by atoms with Crippen LogP contribution in [0.1, 0.15) is 13.3 Å². The molecule has 11 heteroatoms. The summed E-state index contributed by atoms with van der Waals surface area (Å²) >= 11 is 0. The van der Waals surface area contributed by atoms with E-state index in [2.05, 4.69) is 30.0 Å². The Morgan fingerprint density at radius 2 is 1.91 bits per heavy atom. The first-order valence-corrected chi connectivity index (χ1v) is 11.6. The molecule has 34 heavy (non-hydrogen) atoms. The van der Waals surface area contributed by atoms with Gasteiger partial charge in [-0.15, -0.1) is 10.2 Å². The zero-order valence-electron chi connectivity index (χ0n) is 19.7. The fraction of sp³-hybridized carbons (Fsp3) is 0.522. The molecule has 0 spiro atoms. The zero-order chi connectivity index (χ0) is 23.9. The highest BCUT2D eigenvalue weighted by molar-refractivity contribution is 5.87. The van der Waals surface area contributed by atoms with Crippen molar-refractivity contribution in [2.75, 3.05) is 64.6 Å². The van der Waals surface area contributed by atoms with Crippen LogP contribution >= 0.6 is 0 Å². The van der Waals surface area contributed by atoms with E-state index < -0.39 is 0 Å². The fourth-order valence-electron chi connectivity index (χ4n) is 4.01. The number of anilines is 1. The predicted molar refractivity (Wildman–Crippen MR) is 128 cm³/mol. The van der Waals surface area contributed by atoms with Crippen LogP contribution in [0.5, 0.6) is 5.88 Å². The largest absolute Gasteiger partial charge is 0.481 e. The maximum Gasteiger partial charge on any atom is 0.350 e. The second-order valence-corrected chi connectivity index (χ2v) is 8.09. The van der Waals surface area contributed by atoms with Crippen LogP contribution in [-0.2, 0) is 11.3 Å². The van der Waals surface area contributed by atoms with Gasteiger partial charge in [0.05, 0.1) is 38.1 Å². The van der Waals surface area contributed by atoms with E-state index in [9.17, 15) is 9.90 Å². The summed E-state index contributed by atoms with van der Waals surface area (Å²) in [6.45, 7) is 7.17. The number of β-amino-alcohol motifs (C(OH)–C–C–N with tert-alkyl or cyclic N) is 1. The quantitative estimate of drug-likeness (QED) is 0.427. The van der Waals surface area contributed by atoms with Crippen LogP contribution in [0.25, 0.3) is 22.3 Å². The topological polar surface area (TPSA) is 119 Å². The first-order valence-electron chi connectivity index (χ1n) is 11.6. The molecular weight excluding hydrogens is 438 g/mol.